The largest absolute Gasteiger partial charge is 0.395 e. The SMILES string of the molecule is Cc1nn(C)c(C(=O)Nc2cccc3cccnc23)c1N. The number of nitrogens with one attached hydrogen (secondary N) is 1. The number of pyridine rings is 1. The van der Waals surface area contributed by atoms with Crippen LogP contribution in [-0.4, -0.2) is 20.7 Å². The minimum Gasteiger partial charge on any atom is -0.395 e. The van der Waals surface area contributed by atoms with Gasteiger partial charge in [0.2, 0.25) is 0 Å². The molecule has 0 aliphatic rings. The van der Waals surface area contributed by atoms with Crippen LogP contribution >= 0.6 is 0 Å². The Kier molecular flexibility index (Phi) is 3.06. The Balaban J connectivity index is 2.01. The van der Waals surface area contributed by atoms with E-state index in [9.17, 15) is 4.79 Å². The van der Waals surface area contributed by atoms with E-state index in [4.69, 9.17) is 5.73 Å². The molecule has 0 saturated heterocycles. The van der Waals surface area contributed by atoms with Crippen LogP contribution in [0, 0.1) is 6.92 Å². The maximum Gasteiger partial charge on any atom is 0.276 e. The van der Waals surface area contributed by atoms with Crippen molar-refractivity contribution >= 4 is 28.2 Å². The number of rotatable bonds is 2. The highest BCUT2D eigenvalue weighted by Gasteiger charge is 2.18. The van der Waals surface area contributed by atoms with Crippen LogP contribution in [0.4, 0.5) is 11.4 Å². The molecule has 0 fully saturated rings. The first-order valence-electron chi connectivity index (χ1n) is 6.52. The Morgan fingerprint density at radius 1 is 1.29 bits per heavy atom. The van der Waals surface area contributed by atoms with Gasteiger partial charge in [-0.25, -0.2) is 0 Å². The topological polar surface area (TPSA) is 85.8 Å². The summed E-state index contributed by atoms with van der Waals surface area (Å²) in [6, 6.07) is 9.43. The van der Waals surface area contributed by atoms with Crippen molar-refractivity contribution in [3.8, 4) is 0 Å². The van der Waals surface area contributed by atoms with E-state index in [2.05, 4.69) is 15.4 Å². The van der Waals surface area contributed by atoms with E-state index in [0.29, 0.717) is 22.8 Å². The van der Waals surface area contributed by atoms with Gasteiger partial charge in [0.25, 0.3) is 5.91 Å². The van der Waals surface area contributed by atoms with Crippen molar-refractivity contribution in [1.29, 1.82) is 0 Å². The minimum absolute atomic E-state index is 0.297. The molecule has 0 aliphatic heterocycles. The molecule has 21 heavy (non-hydrogen) atoms. The smallest absolute Gasteiger partial charge is 0.276 e. The van der Waals surface area contributed by atoms with Crippen LogP contribution in [0.25, 0.3) is 10.9 Å². The number of fused-ring (bicyclic) bond motifs is 1. The van der Waals surface area contributed by atoms with Crippen LogP contribution in [-0.2, 0) is 7.05 Å². The number of aryl methyl sites for hydroxylation is 2. The highest BCUT2D eigenvalue weighted by molar-refractivity contribution is 6.10. The number of benzene rings is 1. The van der Waals surface area contributed by atoms with Crippen molar-refractivity contribution in [2.45, 2.75) is 6.92 Å². The molecule has 0 bridgehead atoms. The third-order valence-corrected chi connectivity index (χ3v) is 3.36. The molecule has 1 amide bonds. The number of nitrogen functional groups attached to an aromatic ring is 1. The molecule has 2 heterocycles. The fourth-order valence-corrected chi connectivity index (χ4v) is 2.33. The fraction of sp³-hybridized carbons (Fsp3) is 0.133. The summed E-state index contributed by atoms with van der Waals surface area (Å²) in [6.45, 7) is 1.77. The van der Waals surface area contributed by atoms with Gasteiger partial charge >= 0.3 is 0 Å². The Morgan fingerprint density at radius 3 is 2.76 bits per heavy atom. The molecule has 3 aromatic rings. The van der Waals surface area contributed by atoms with E-state index in [1.165, 1.54) is 4.68 Å². The second-order valence-electron chi connectivity index (χ2n) is 4.81. The van der Waals surface area contributed by atoms with Gasteiger partial charge in [-0.3, -0.25) is 14.5 Å². The summed E-state index contributed by atoms with van der Waals surface area (Å²) in [5.41, 5.74) is 8.68. The molecule has 1 aromatic carbocycles. The molecule has 0 unspecified atom stereocenters. The summed E-state index contributed by atoms with van der Waals surface area (Å²) >= 11 is 0. The number of carbonyl (C=O) groups excluding carboxylic acids is 1. The van der Waals surface area contributed by atoms with Gasteiger partial charge in [0, 0.05) is 18.6 Å². The lowest BCUT2D eigenvalue weighted by Gasteiger charge is -2.08. The first-order valence-corrected chi connectivity index (χ1v) is 6.52. The molecule has 3 rings (SSSR count). The predicted molar refractivity (Wildman–Crippen MR) is 82.1 cm³/mol. The highest BCUT2D eigenvalue weighted by Crippen LogP contribution is 2.23. The molecule has 0 saturated carbocycles. The minimum atomic E-state index is -0.297. The van der Waals surface area contributed by atoms with Gasteiger partial charge < -0.3 is 11.1 Å². The summed E-state index contributed by atoms with van der Waals surface area (Å²) < 4.78 is 1.48. The van der Waals surface area contributed by atoms with Crippen molar-refractivity contribution < 1.29 is 4.79 Å². The van der Waals surface area contributed by atoms with E-state index >= 15 is 0 Å². The van der Waals surface area contributed by atoms with Gasteiger partial charge in [-0.15, -0.1) is 0 Å². The summed E-state index contributed by atoms with van der Waals surface area (Å²) in [7, 11) is 1.69. The predicted octanol–water partition coefficient (Wildman–Crippen LogP) is 2.11. The number of para-hydroxylation sites is 1. The van der Waals surface area contributed by atoms with Crippen molar-refractivity contribution in [2.75, 3.05) is 11.1 Å². The van der Waals surface area contributed by atoms with Crippen LogP contribution in [0.3, 0.4) is 0 Å². The maximum absolute atomic E-state index is 12.4. The third-order valence-electron chi connectivity index (χ3n) is 3.36. The average molecular weight is 281 g/mol. The molecular formula is C15H15N5O. The van der Waals surface area contributed by atoms with Crippen molar-refractivity contribution in [1.82, 2.24) is 14.8 Å². The normalized spacial score (nSPS) is 10.8. The van der Waals surface area contributed by atoms with Crippen LogP contribution < -0.4 is 11.1 Å². The number of nitrogens with two attached hydrogens (primary N) is 1. The molecule has 0 atom stereocenters. The first kappa shape index (κ1) is 13.1. The van der Waals surface area contributed by atoms with Crippen molar-refractivity contribution in [2.24, 2.45) is 7.05 Å². The molecule has 2 aromatic heterocycles. The molecular weight excluding hydrogens is 266 g/mol. The lowest BCUT2D eigenvalue weighted by Crippen LogP contribution is -2.18. The molecule has 0 spiro atoms. The third kappa shape index (κ3) is 2.20. The van der Waals surface area contributed by atoms with Gasteiger partial charge in [0.05, 0.1) is 22.6 Å². The Hall–Kier alpha value is -2.89. The van der Waals surface area contributed by atoms with E-state index < -0.39 is 0 Å². The Bertz CT molecular complexity index is 832. The standard InChI is InChI=1S/C15H15N5O/c1-9-12(16)14(20(2)19-9)15(21)18-11-7-3-5-10-6-4-8-17-13(10)11/h3-8H,16H2,1-2H3,(H,18,21). The zero-order chi connectivity index (χ0) is 15.0. The number of anilines is 2. The number of nitrogens with zero attached hydrogens (tertiary/aromatic N) is 3. The maximum atomic E-state index is 12.4. The average Bonchev–Trinajstić information content (AvgIpc) is 2.72. The molecule has 3 N–H and O–H groups in total. The molecule has 106 valence electrons. The Morgan fingerprint density at radius 2 is 2.05 bits per heavy atom. The number of aromatic nitrogens is 3. The molecule has 0 aliphatic carbocycles. The summed E-state index contributed by atoms with van der Waals surface area (Å²) in [5, 5.41) is 7.97. The molecule has 0 radical (unpaired) electrons. The van der Waals surface area contributed by atoms with Crippen molar-refractivity contribution in [3.05, 3.63) is 47.9 Å². The first-order chi connectivity index (χ1) is 10.1. The van der Waals surface area contributed by atoms with Crippen LogP contribution in [0.5, 0.6) is 0 Å². The summed E-state index contributed by atoms with van der Waals surface area (Å²) in [5.74, 6) is -0.297. The van der Waals surface area contributed by atoms with Crippen LogP contribution in [0.2, 0.25) is 0 Å². The summed E-state index contributed by atoms with van der Waals surface area (Å²) in [4.78, 5) is 16.7. The van der Waals surface area contributed by atoms with Gasteiger partial charge in [-0.1, -0.05) is 18.2 Å². The zero-order valence-electron chi connectivity index (χ0n) is 11.8. The molecule has 6 heteroatoms. The number of hydrogen-bond acceptors (Lipinski definition) is 4. The lowest BCUT2D eigenvalue weighted by molar-refractivity contribution is 0.101. The second kappa shape index (κ2) is 4.90. The van der Waals surface area contributed by atoms with Gasteiger partial charge in [-0.2, -0.15) is 5.10 Å². The van der Waals surface area contributed by atoms with Crippen LogP contribution in [0.1, 0.15) is 16.2 Å². The van der Waals surface area contributed by atoms with Gasteiger partial charge in [-0.05, 0) is 19.1 Å². The summed E-state index contributed by atoms with van der Waals surface area (Å²) in [6.07, 6.45) is 1.70. The fourth-order valence-electron chi connectivity index (χ4n) is 2.33. The Labute approximate surface area is 121 Å². The van der Waals surface area contributed by atoms with E-state index in [0.717, 1.165) is 10.9 Å². The molecule has 6 nitrogen and oxygen atoms in total. The van der Waals surface area contributed by atoms with Crippen molar-refractivity contribution in [3.63, 3.8) is 0 Å². The van der Waals surface area contributed by atoms with Gasteiger partial charge in [0.15, 0.2) is 0 Å². The zero-order valence-corrected chi connectivity index (χ0v) is 11.8. The lowest BCUT2D eigenvalue weighted by atomic mass is 10.2. The van der Waals surface area contributed by atoms with Gasteiger partial charge in [0.1, 0.15) is 5.69 Å². The highest BCUT2D eigenvalue weighted by atomic mass is 16.2. The van der Waals surface area contributed by atoms with Crippen LogP contribution in [0.15, 0.2) is 36.5 Å². The van der Waals surface area contributed by atoms with E-state index in [1.54, 1.807) is 20.2 Å². The quantitative estimate of drug-likeness (QED) is 0.753. The number of carbonyl (C=O) groups is 1. The van der Waals surface area contributed by atoms with E-state index in [1.807, 2.05) is 30.3 Å². The number of amides is 1. The number of hydrogen-bond donors (Lipinski definition) is 2. The monoisotopic (exact) mass is 281 g/mol. The second-order valence-corrected chi connectivity index (χ2v) is 4.81. The van der Waals surface area contributed by atoms with E-state index in [-0.39, 0.29) is 5.91 Å².